The van der Waals surface area contributed by atoms with E-state index in [4.69, 9.17) is 0 Å². The third-order valence-corrected chi connectivity index (χ3v) is 6.72. The molecular weight excluding hydrogens is 356 g/mol. The van der Waals surface area contributed by atoms with Crippen LogP contribution in [0, 0.1) is 11.3 Å². The van der Waals surface area contributed by atoms with Crippen LogP contribution in [0.2, 0.25) is 0 Å². The number of thiophene rings is 1. The van der Waals surface area contributed by atoms with Crippen molar-refractivity contribution in [1.29, 1.82) is 0 Å². The van der Waals surface area contributed by atoms with Gasteiger partial charge in [0.1, 0.15) is 0 Å². The molecule has 4 rings (SSSR count). The number of hydrogen-bond acceptors (Lipinski definition) is 3. The van der Waals surface area contributed by atoms with Crippen molar-refractivity contribution in [2.45, 2.75) is 32.1 Å². The fourth-order valence-corrected chi connectivity index (χ4v) is 4.98. The molecule has 1 saturated heterocycles. The Morgan fingerprint density at radius 2 is 2.11 bits per heavy atom. The van der Waals surface area contributed by atoms with E-state index in [-0.39, 0.29) is 17.7 Å². The van der Waals surface area contributed by atoms with Gasteiger partial charge in [-0.05, 0) is 54.7 Å². The average molecular weight is 383 g/mol. The van der Waals surface area contributed by atoms with Crippen LogP contribution in [-0.4, -0.2) is 36.9 Å². The van der Waals surface area contributed by atoms with E-state index < -0.39 is 5.41 Å². The number of nitrogens with zero attached hydrogens (tertiary/aromatic N) is 1. The monoisotopic (exact) mass is 382 g/mol. The van der Waals surface area contributed by atoms with Gasteiger partial charge in [0.15, 0.2) is 0 Å². The molecule has 0 spiro atoms. The van der Waals surface area contributed by atoms with Gasteiger partial charge in [-0.25, -0.2) is 0 Å². The largest absolute Gasteiger partial charge is 0.359 e. The van der Waals surface area contributed by atoms with Crippen LogP contribution in [0.15, 0.2) is 41.8 Å². The van der Waals surface area contributed by atoms with Gasteiger partial charge in [-0.3, -0.25) is 9.59 Å². The van der Waals surface area contributed by atoms with E-state index in [0.717, 1.165) is 37.8 Å². The quantitative estimate of drug-likeness (QED) is 0.857. The SMILES string of the molecule is CNC(=O)C1(Cc2cccc(-c3cccs3)c2)CCCN(C(=O)C2CC2)C1. The molecule has 27 heavy (non-hydrogen) atoms. The highest BCUT2D eigenvalue weighted by atomic mass is 32.1. The number of benzene rings is 1. The van der Waals surface area contributed by atoms with E-state index in [9.17, 15) is 9.59 Å². The number of nitrogens with one attached hydrogen (secondary N) is 1. The lowest BCUT2D eigenvalue weighted by atomic mass is 9.74. The number of carbonyl (C=O) groups excluding carboxylic acids is 2. The van der Waals surface area contributed by atoms with Crippen molar-refractivity contribution < 1.29 is 9.59 Å². The summed E-state index contributed by atoms with van der Waals surface area (Å²) in [6.45, 7) is 1.31. The first-order chi connectivity index (χ1) is 13.1. The van der Waals surface area contributed by atoms with Crippen molar-refractivity contribution in [3.63, 3.8) is 0 Å². The number of carbonyl (C=O) groups is 2. The van der Waals surface area contributed by atoms with Crippen LogP contribution in [-0.2, 0) is 16.0 Å². The molecule has 1 atom stereocenters. The zero-order chi connectivity index (χ0) is 18.9. The maximum absolute atomic E-state index is 12.9. The predicted octanol–water partition coefficient (Wildman–Crippen LogP) is 3.72. The number of amides is 2. The summed E-state index contributed by atoms with van der Waals surface area (Å²) in [4.78, 5) is 28.7. The van der Waals surface area contributed by atoms with Gasteiger partial charge in [0.2, 0.25) is 11.8 Å². The highest BCUT2D eigenvalue weighted by molar-refractivity contribution is 7.13. The Hall–Kier alpha value is -2.14. The van der Waals surface area contributed by atoms with Gasteiger partial charge < -0.3 is 10.2 Å². The van der Waals surface area contributed by atoms with E-state index in [1.54, 1.807) is 18.4 Å². The lowest BCUT2D eigenvalue weighted by Crippen LogP contribution is -2.54. The Morgan fingerprint density at radius 1 is 1.26 bits per heavy atom. The second-order valence-corrected chi connectivity index (χ2v) is 8.80. The van der Waals surface area contributed by atoms with Crippen LogP contribution in [0.4, 0.5) is 0 Å². The Morgan fingerprint density at radius 3 is 2.81 bits per heavy atom. The highest BCUT2D eigenvalue weighted by Crippen LogP contribution is 2.38. The van der Waals surface area contributed by atoms with E-state index in [2.05, 4.69) is 47.1 Å². The van der Waals surface area contributed by atoms with Crippen LogP contribution in [0.3, 0.4) is 0 Å². The Kier molecular flexibility index (Phi) is 5.04. The Balaban J connectivity index is 1.60. The predicted molar refractivity (Wildman–Crippen MR) is 108 cm³/mol. The Bertz CT molecular complexity index is 829. The first-order valence-corrected chi connectivity index (χ1v) is 10.6. The molecule has 1 aromatic carbocycles. The van der Waals surface area contributed by atoms with E-state index in [1.165, 1.54) is 10.4 Å². The lowest BCUT2D eigenvalue weighted by molar-refractivity contribution is -0.142. The van der Waals surface area contributed by atoms with Crippen molar-refractivity contribution in [3.8, 4) is 10.4 Å². The third kappa shape index (κ3) is 3.79. The van der Waals surface area contributed by atoms with Gasteiger partial charge in [-0.1, -0.05) is 30.3 Å². The molecule has 2 aromatic rings. The molecule has 0 radical (unpaired) electrons. The topological polar surface area (TPSA) is 49.4 Å². The first kappa shape index (κ1) is 18.2. The second-order valence-electron chi connectivity index (χ2n) is 7.85. The summed E-state index contributed by atoms with van der Waals surface area (Å²) < 4.78 is 0. The van der Waals surface area contributed by atoms with Crippen molar-refractivity contribution in [2.75, 3.05) is 20.1 Å². The van der Waals surface area contributed by atoms with Gasteiger partial charge in [0.05, 0.1) is 5.41 Å². The summed E-state index contributed by atoms with van der Waals surface area (Å²) in [5.41, 5.74) is 1.81. The zero-order valence-corrected chi connectivity index (χ0v) is 16.6. The molecule has 1 aromatic heterocycles. The molecule has 1 aliphatic heterocycles. The minimum Gasteiger partial charge on any atom is -0.359 e. The second kappa shape index (κ2) is 7.47. The van der Waals surface area contributed by atoms with Crippen molar-refractivity contribution in [2.24, 2.45) is 11.3 Å². The summed E-state index contributed by atoms with van der Waals surface area (Å²) in [5.74, 6) is 0.500. The third-order valence-electron chi connectivity index (χ3n) is 5.80. The summed E-state index contributed by atoms with van der Waals surface area (Å²) in [6, 6.07) is 12.7. The van der Waals surface area contributed by atoms with Crippen LogP contribution in [0.25, 0.3) is 10.4 Å². The molecule has 1 unspecified atom stereocenters. The molecule has 1 N–H and O–H groups in total. The number of piperidine rings is 1. The molecule has 4 nitrogen and oxygen atoms in total. The maximum Gasteiger partial charge on any atom is 0.228 e. The van der Waals surface area contributed by atoms with Gasteiger partial charge in [-0.2, -0.15) is 0 Å². The van der Waals surface area contributed by atoms with Crippen LogP contribution in [0.1, 0.15) is 31.2 Å². The molecule has 142 valence electrons. The van der Waals surface area contributed by atoms with Crippen LogP contribution in [0.5, 0.6) is 0 Å². The minimum absolute atomic E-state index is 0.0531. The molecular formula is C22H26N2O2S. The van der Waals surface area contributed by atoms with Crippen LogP contribution >= 0.6 is 11.3 Å². The van der Waals surface area contributed by atoms with Crippen molar-refractivity contribution in [1.82, 2.24) is 10.2 Å². The van der Waals surface area contributed by atoms with Gasteiger partial charge in [-0.15, -0.1) is 11.3 Å². The number of likely N-dealkylation sites (tertiary alicyclic amines) is 1. The summed E-state index contributed by atoms with van der Waals surface area (Å²) in [7, 11) is 1.70. The number of hydrogen-bond donors (Lipinski definition) is 1. The van der Waals surface area contributed by atoms with Crippen molar-refractivity contribution in [3.05, 3.63) is 47.3 Å². The average Bonchev–Trinajstić information content (AvgIpc) is 3.40. The summed E-state index contributed by atoms with van der Waals surface area (Å²) in [6.07, 6.45) is 4.39. The molecule has 2 aliphatic rings. The standard InChI is InChI=1S/C22H26N2O2S/c1-23-21(26)22(10-4-11-24(15-22)20(25)17-8-9-17)14-16-5-2-6-18(13-16)19-7-3-12-27-19/h2-3,5-7,12-13,17H,4,8-11,14-15H2,1H3,(H,23,26). The molecule has 1 aliphatic carbocycles. The van der Waals surface area contributed by atoms with E-state index in [1.807, 2.05) is 4.90 Å². The zero-order valence-electron chi connectivity index (χ0n) is 15.7. The van der Waals surface area contributed by atoms with Gasteiger partial charge in [0.25, 0.3) is 0 Å². The normalized spacial score (nSPS) is 22.5. The van der Waals surface area contributed by atoms with E-state index >= 15 is 0 Å². The molecule has 0 bridgehead atoms. The molecule has 1 saturated carbocycles. The Labute approximate surface area is 164 Å². The lowest BCUT2D eigenvalue weighted by Gasteiger charge is -2.42. The fourth-order valence-electron chi connectivity index (χ4n) is 4.25. The molecule has 5 heteroatoms. The minimum atomic E-state index is -0.536. The highest BCUT2D eigenvalue weighted by Gasteiger charge is 2.45. The molecule has 2 heterocycles. The summed E-state index contributed by atoms with van der Waals surface area (Å²) >= 11 is 1.72. The van der Waals surface area contributed by atoms with Crippen LogP contribution < -0.4 is 5.32 Å². The smallest absolute Gasteiger partial charge is 0.228 e. The van der Waals surface area contributed by atoms with Crippen molar-refractivity contribution >= 4 is 23.2 Å². The maximum atomic E-state index is 12.9. The van der Waals surface area contributed by atoms with Gasteiger partial charge in [0, 0.05) is 30.9 Å². The van der Waals surface area contributed by atoms with Gasteiger partial charge >= 0.3 is 0 Å². The fraction of sp³-hybridized carbons (Fsp3) is 0.455. The molecule has 2 amide bonds. The number of rotatable bonds is 5. The first-order valence-electron chi connectivity index (χ1n) is 9.75. The summed E-state index contributed by atoms with van der Waals surface area (Å²) in [5, 5.41) is 4.95. The van der Waals surface area contributed by atoms with E-state index in [0.29, 0.717) is 13.0 Å². The molecule has 2 fully saturated rings.